The van der Waals surface area contributed by atoms with Gasteiger partial charge in [-0.1, -0.05) is 183 Å². The molecule has 1 aliphatic rings. The molecule has 1 aliphatic carbocycles. The number of nitrogens with zero attached hydrogens (tertiary/aromatic N) is 6. The van der Waals surface area contributed by atoms with Gasteiger partial charge in [0, 0.05) is 146 Å². The van der Waals surface area contributed by atoms with Gasteiger partial charge < -0.3 is 35.6 Å². The number of hydrogen-bond acceptors (Lipinski definition) is 7. The SMILES string of the molecule is CCN(CC)c1ccc(C(c2ccc([N+](C)(CC)CC)cc2)c2ccc(NCc3ccc(CNc4ccc(C(c5ccc(N(CC)CC)cc5)c5ccc([N+](C)(CC)CC)cc5)c5ccccc45)c4ccc(CNc5ccc(C(c6ccc(N(CC)CC)cc6)c6ccc(N(CC)CC)cc6)c6ccccc56)cc34)c3c2CC(C)C=C3)cc1. The Bertz CT molecular complexity index is 5470. The Kier molecular flexibility index (Phi) is 26.6. The Morgan fingerprint density at radius 3 is 1.01 bits per heavy atom. The normalized spacial score (nSPS) is 13.4. The molecule has 13 aromatic rings. The zero-order valence-corrected chi connectivity index (χ0v) is 73.3. The molecule has 3 unspecified atom stereocenters. The average Bonchev–Trinajstić information content (AvgIpc) is 0.740. The molecule has 3 N–H and O–H groups in total. The van der Waals surface area contributed by atoms with Crippen LogP contribution in [0.4, 0.5) is 51.2 Å². The van der Waals surface area contributed by atoms with Gasteiger partial charge >= 0.3 is 0 Å². The molecule has 0 aliphatic heterocycles. The third-order valence-corrected chi connectivity index (χ3v) is 27.0. The molecule has 9 heteroatoms. The van der Waals surface area contributed by atoms with Crippen molar-refractivity contribution in [1.29, 1.82) is 0 Å². The summed E-state index contributed by atoms with van der Waals surface area (Å²) in [6.07, 6.45) is 5.80. The maximum atomic E-state index is 4.14. The predicted molar refractivity (Wildman–Crippen MR) is 515 cm³/mol. The Labute approximate surface area is 706 Å². The molecule has 13 aromatic carbocycles. The number of hydrogen-bond donors (Lipinski definition) is 3. The van der Waals surface area contributed by atoms with Crippen LogP contribution in [0.25, 0.3) is 38.4 Å². The third-order valence-electron chi connectivity index (χ3n) is 27.0. The van der Waals surface area contributed by atoms with E-state index < -0.39 is 0 Å². The van der Waals surface area contributed by atoms with Gasteiger partial charge in [-0.05, 0) is 286 Å². The highest BCUT2D eigenvalue weighted by Crippen LogP contribution is 2.46. The van der Waals surface area contributed by atoms with E-state index in [0.717, 1.165) is 111 Å². The number of benzene rings is 13. The quantitative estimate of drug-likeness (QED) is 0.0267. The van der Waals surface area contributed by atoms with Crippen LogP contribution in [0.5, 0.6) is 0 Å². The zero-order valence-electron chi connectivity index (χ0n) is 73.3. The zero-order chi connectivity index (χ0) is 82.6. The van der Waals surface area contributed by atoms with Gasteiger partial charge in [-0.2, -0.15) is 0 Å². The molecule has 0 saturated heterocycles. The second-order valence-corrected chi connectivity index (χ2v) is 33.0. The largest absolute Gasteiger partial charge is 0.380 e. The van der Waals surface area contributed by atoms with E-state index in [2.05, 4.69) is 413 Å². The molecule has 0 fully saturated rings. The first kappa shape index (κ1) is 83.4. The van der Waals surface area contributed by atoms with Crippen molar-refractivity contribution in [2.24, 2.45) is 5.92 Å². The number of anilines is 7. The number of quaternary nitrogens is 2. The van der Waals surface area contributed by atoms with Crippen LogP contribution in [-0.4, -0.2) is 92.6 Å². The fraction of sp³-hybridized carbons (Fsp3) is 0.321. The standard InChI is InChI=1S/C109H129N9/c1-16-113(17-2)87-52-40-79(41-53-87)107(80-42-54-88(55-43-80)114(18-3)19-4)99-66-69-104(96-34-30-28-32-94(96)99)110-74-78-37-65-93-85(75-111-105-70-67-100(95-33-29-31-35-97(95)105)108(81-44-56-89(57-45-81)115(20-5)21-6)83-48-60-91(61-49-83)117(14,24-9)25-10)38-39-86(102(93)73-78)76-112-106-71-68-101(103-72-77(13)36-64-98(103)106)109(82-46-58-90(59-47-82)116(22-7)23-8)84-50-62-92(63-51-84)118(15,26-11)27-12/h28-71,73,77,107-112H,16-27,72,74-76H2,1-15H3/q+2. The molecule has 0 bridgehead atoms. The molecule has 0 heterocycles. The molecule has 608 valence electrons. The molecule has 0 radical (unpaired) electrons. The Balaban J connectivity index is 0.833. The summed E-state index contributed by atoms with van der Waals surface area (Å²) in [6.45, 7) is 43.4. The van der Waals surface area contributed by atoms with Crippen LogP contribution >= 0.6 is 0 Å². The van der Waals surface area contributed by atoms with Gasteiger partial charge in [0.05, 0.1) is 40.3 Å². The van der Waals surface area contributed by atoms with Crippen LogP contribution < -0.4 is 44.5 Å². The van der Waals surface area contributed by atoms with E-state index in [0.29, 0.717) is 25.6 Å². The van der Waals surface area contributed by atoms with E-state index in [1.54, 1.807) is 0 Å². The molecular formula is C109H129N9+2. The van der Waals surface area contributed by atoms with Gasteiger partial charge in [0.2, 0.25) is 0 Å². The van der Waals surface area contributed by atoms with E-state index in [1.807, 2.05) is 0 Å². The molecule has 9 nitrogen and oxygen atoms in total. The third kappa shape index (κ3) is 17.3. The van der Waals surface area contributed by atoms with E-state index >= 15 is 0 Å². The first-order chi connectivity index (χ1) is 57.6. The second-order valence-electron chi connectivity index (χ2n) is 33.0. The van der Waals surface area contributed by atoms with Crippen LogP contribution in [-0.2, 0) is 26.1 Å². The molecule has 14 rings (SSSR count). The highest BCUT2D eigenvalue weighted by Gasteiger charge is 2.30. The van der Waals surface area contributed by atoms with Crippen LogP contribution in [0.15, 0.2) is 267 Å². The van der Waals surface area contributed by atoms with Crippen molar-refractivity contribution >= 4 is 89.6 Å². The van der Waals surface area contributed by atoms with Gasteiger partial charge in [0.25, 0.3) is 0 Å². The molecule has 0 aromatic heterocycles. The van der Waals surface area contributed by atoms with E-state index in [1.165, 1.54) is 144 Å². The lowest BCUT2D eigenvalue weighted by Crippen LogP contribution is -2.44. The Morgan fingerprint density at radius 1 is 0.314 bits per heavy atom. The van der Waals surface area contributed by atoms with Gasteiger partial charge in [-0.15, -0.1) is 0 Å². The Hall–Kier alpha value is -11.1. The van der Waals surface area contributed by atoms with Gasteiger partial charge in [0.1, 0.15) is 11.4 Å². The smallest absolute Gasteiger partial charge is 0.132 e. The second kappa shape index (κ2) is 37.7. The summed E-state index contributed by atoms with van der Waals surface area (Å²) in [5, 5.41) is 19.7. The number of nitrogens with one attached hydrogen (secondary N) is 3. The number of rotatable bonds is 36. The minimum atomic E-state index is 0.0175. The molecule has 0 saturated carbocycles. The summed E-state index contributed by atoms with van der Waals surface area (Å²) in [7, 11) is 4.71. The van der Waals surface area contributed by atoms with Crippen molar-refractivity contribution in [3.8, 4) is 0 Å². The molecule has 0 spiro atoms. The Morgan fingerprint density at radius 2 is 0.636 bits per heavy atom. The highest BCUT2D eigenvalue weighted by molar-refractivity contribution is 5.99. The summed E-state index contributed by atoms with van der Waals surface area (Å²) in [4.78, 5) is 9.74. The molecular weight excluding hydrogens is 1440 g/mol. The molecule has 118 heavy (non-hydrogen) atoms. The first-order valence-corrected chi connectivity index (χ1v) is 44.5. The van der Waals surface area contributed by atoms with Crippen molar-refractivity contribution in [3.05, 3.63) is 345 Å². The maximum absolute atomic E-state index is 4.14. The topological polar surface area (TPSA) is 49.1 Å². The number of allylic oxidation sites excluding steroid dienone is 1. The van der Waals surface area contributed by atoms with Gasteiger partial charge in [-0.25, -0.2) is 0 Å². The number of fused-ring (bicyclic) bond motifs is 4. The van der Waals surface area contributed by atoms with Gasteiger partial charge in [0.15, 0.2) is 0 Å². The predicted octanol–water partition coefficient (Wildman–Crippen LogP) is 26.1. The summed E-state index contributed by atoms with van der Waals surface area (Å²) in [5.41, 5.74) is 29.4. The first-order valence-electron chi connectivity index (χ1n) is 44.5. The average molecular weight is 1570 g/mol. The van der Waals surface area contributed by atoms with Crippen molar-refractivity contribution in [3.63, 3.8) is 0 Å². The maximum Gasteiger partial charge on any atom is 0.132 e. The fourth-order valence-electron chi connectivity index (χ4n) is 18.9. The minimum absolute atomic E-state index is 0.0175. The molecule has 0 amide bonds. The van der Waals surface area contributed by atoms with Crippen molar-refractivity contribution < 1.29 is 0 Å². The van der Waals surface area contributed by atoms with E-state index in [-0.39, 0.29) is 17.8 Å². The summed E-state index contributed by atoms with van der Waals surface area (Å²) in [6, 6.07) is 101. The van der Waals surface area contributed by atoms with Crippen LogP contribution in [0.1, 0.15) is 186 Å². The summed E-state index contributed by atoms with van der Waals surface area (Å²) >= 11 is 0. The van der Waals surface area contributed by atoms with Crippen molar-refractivity contribution in [1.82, 2.24) is 8.97 Å². The van der Waals surface area contributed by atoms with Crippen LogP contribution in [0.3, 0.4) is 0 Å². The van der Waals surface area contributed by atoms with Crippen molar-refractivity contribution in [2.45, 2.75) is 134 Å². The van der Waals surface area contributed by atoms with Gasteiger partial charge in [-0.3, -0.25) is 8.97 Å². The summed E-state index contributed by atoms with van der Waals surface area (Å²) in [5.74, 6) is 0.482. The highest BCUT2D eigenvalue weighted by atomic mass is 15.3. The minimum Gasteiger partial charge on any atom is -0.380 e. The lowest BCUT2D eigenvalue weighted by Gasteiger charge is -2.32. The van der Waals surface area contributed by atoms with Crippen molar-refractivity contribution in [2.75, 3.05) is 128 Å². The lowest BCUT2D eigenvalue weighted by molar-refractivity contribution is 0.365. The van der Waals surface area contributed by atoms with E-state index in [4.69, 9.17) is 0 Å². The van der Waals surface area contributed by atoms with E-state index in [9.17, 15) is 0 Å². The fourth-order valence-corrected chi connectivity index (χ4v) is 18.9. The van der Waals surface area contributed by atoms with Crippen LogP contribution in [0, 0.1) is 5.92 Å². The van der Waals surface area contributed by atoms with Crippen LogP contribution in [0.2, 0.25) is 0 Å². The summed E-state index contributed by atoms with van der Waals surface area (Å²) < 4.78 is 1.80. The molecule has 3 atom stereocenters. The lowest BCUT2D eigenvalue weighted by atomic mass is 9.77. The monoisotopic (exact) mass is 1560 g/mol.